The monoisotopic (exact) mass is 196 g/mol. The third kappa shape index (κ3) is 1.18. The van der Waals surface area contributed by atoms with Crippen LogP contribution in [0.15, 0.2) is 0 Å². The Balaban J connectivity index is 2.36. The van der Waals surface area contributed by atoms with E-state index in [0.29, 0.717) is 5.41 Å². The second kappa shape index (κ2) is 2.98. The molecule has 0 amide bonds. The summed E-state index contributed by atoms with van der Waals surface area (Å²) in [5, 5.41) is 10.8. The Bertz CT molecular complexity index is 229. The van der Waals surface area contributed by atoms with Crippen molar-refractivity contribution in [2.45, 2.75) is 71.3 Å². The van der Waals surface area contributed by atoms with Crippen molar-refractivity contribution < 1.29 is 5.11 Å². The van der Waals surface area contributed by atoms with Gasteiger partial charge in [-0.3, -0.25) is 0 Å². The Morgan fingerprint density at radius 3 is 2.00 bits per heavy atom. The Hall–Kier alpha value is -0.0400. The summed E-state index contributed by atoms with van der Waals surface area (Å²) in [5.41, 5.74) is 0.129. The lowest BCUT2D eigenvalue weighted by Crippen LogP contribution is -2.58. The molecule has 0 unspecified atom stereocenters. The zero-order valence-electron chi connectivity index (χ0n) is 9.90. The predicted octanol–water partition coefficient (Wildman–Crippen LogP) is 3.51. The SMILES string of the molecule is CC1(C)CCC[C@]2(O)CCCC[C@]12C. The molecule has 2 fully saturated rings. The smallest absolute Gasteiger partial charge is 0.0706 e. The molecule has 0 aromatic rings. The molecule has 1 heteroatoms. The molecule has 2 rings (SSSR count). The minimum atomic E-state index is -0.354. The third-order valence-electron chi connectivity index (χ3n) is 5.43. The zero-order chi connectivity index (χ0) is 10.4. The molecular formula is C13H24O. The van der Waals surface area contributed by atoms with Gasteiger partial charge in [0.15, 0.2) is 0 Å². The number of fused-ring (bicyclic) bond motifs is 1. The van der Waals surface area contributed by atoms with Gasteiger partial charge in [0, 0.05) is 5.41 Å². The predicted molar refractivity (Wildman–Crippen MR) is 59.2 cm³/mol. The molecule has 0 saturated heterocycles. The fraction of sp³-hybridized carbons (Fsp3) is 1.00. The molecule has 0 spiro atoms. The van der Waals surface area contributed by atoms with Gasteiger partial charge in [0.05, 0.1) is 5.60 Å². The molecule has 82 valence electrons. The molecule has 0 radical (unpaired) electrons. The summed E-state index contributed by atoms with van der Waals surface area (Å²) >= 11 is 0. The highest BCUT2D eigenvalue weighted by molar-refractivity contribution is 5.08. The average Bonchev–Trinajstić information content (AvgIpc) is 2.08. The Kier molecular flexibility index (Phi) is 2.23. The van der Waals surface area contributed by atoms with Crippen LogP contribution in [0.25, 0.3) is 0 Å². The van der Waals surface area contributed by atoms with E-state index in [-0.39, 0.29) is 11.0 Å². The lowest BCUT2D eigenvalue weighted by atomic mass is 9.47. The second-order valence-corrected chi connectivity index (χ2v) is 6.31. The van der Waals surface area contributed by atoms with E-state index in [1.54, 1.807) is 0 Å². The maximum Gasteiger partial charge on any atom is 0.0706 e. The topological polar surface area (TPSA) is 20.2 Å². The first-order valence-corrected chi connectivity index (χ1v) is 6.14. The van der Waals surface area contributed by atoms with Crippen molar-refractivity contribution in [2.75, 3.05) is 0 Å². The summed E-state index contributed by atoms with van der Waals surface area (Å²) in [6, 6.07) is 0. The van der Waals surface area contributed by atoms with Gasteiger partial charge in [-0.25, -0.2) is 0 Å². The first-order chi connectivity index (χ1) is 6.41. The fourth-order valence-electron chi connectivity index (χ4n) is 3.87. The van der Waals surface area contributed by atoms with Gasteiger partial charge in [0.25, 0.3) is 0 Å². The first-order valence-electron chi connectivity index (χ1n) is 6.14. The van der Waals surface area contributed by atoms with Crippen LogP contribution in [-0.2, 0) is 0 Å². The van der Waals surface area contributed by atoms with E-state index in [1.807, 2.05) is 0 Å². The van der Waals surface area contributed by atoms with Gasteiger partial charge in [-0.15, -0.1) is 0 Å². The van der Waals surface area contributed by atoms with Gasteiger partial charge in [-0.2, -0.15) is 0 Å². The molecule has 0 aromatic carbocycles. The molecule has 0 heterocycles. The molecule has 2 atom stereocenters. The van der Waals surface area contributed by atoms with Gasteiger partial charge < -0.3 is 5.11 Å². The molecule has 0 aromatic heterocycles. The summed E-state index contributed by atoms with van der Waals surface area (Å²) in [7, 11) is 0. The van der Waals surface area contributed by atoms with Gasteiger partial charge >= 0.3 is 0 Å². The zero-order valence-corrected chi connectivity index (χ0v) is 9.90. The summed E-state index contributed by atoms with van der Waals surface area (Å²) in [4.78, 5) is 0. The maximum absolute atomic E-state index is 10.8. The Morgan fingerprint density at radius 1 is 0.786 bits per heavy atom. The fourth-order valence-corrected chi connectivity index (χ4v) is 3.87. The third-order valence-corrected chi connectivity index (χ3v) is 5.43. The highest BCUT2D eigenvalue weighted by Gasteiger charge is 2.57. The minimum absolute atomic E-state index is 0.163. The van der Waals surface area contributed by atoms with Crippen molar-refractivity contribution in [2.24, 2.45) is 10.8 Å². The quantitative estimate of drug-likeness (QED) is 0.628. The van der Waals surface area contributed by atoms with Crippen LogP contribution in [0.1, 0.15) is 65.7 Å². The summed E-state index contributed by atoms with van der Waals surface area (Å²) in [6.45, 7) is 7.02. The van der Waals surface area contributed by atoms with E-state index < -0.39 is 0 Å². The highest BCUT2D eigenvalue weighted by Crippen LogP contribution is 2.61. The summed E-state index contributed by atoms with van der Waals surface area (Å²) in [6.07, 6.45) is 8.31. The minimum Gasteiger partial charge on any atom is -0.389 e. The largest absolute Gasteiger partial charge is 0.389 e. The van der Waals surface area contributed by atoms with E-state index in [0.717, 1.165) is 12.8 Å². The van der Waals surface area contributed by atoms with Gasteiger partial charge in [-0.1, -0.05) is 40.0 Å². The van der Waals surface area contributed by atoms with Crippen LogP contribution in [-0.4, -0.2) is 10.7 Å². The van der Waals surface area contributed by atoms with E-state index in [2.05, 4.69) is 20.8 Å². The molecule has 2 saturated carbocycles. The molecule has 2 aliphatic carbocycles. The van der Waals surface area contributed by atoms with Crippen LogP contribution in [0, 0.1) is 10.8 Å². The number of hydrogen-bond acceptors (Lipinski definition) is 1. The number of aliphatic hydroxyl groups is 1. The highest BCUT2D eigenvalue weighted by atomic mass is 16.3. The van der Waals surface area contributed by atoms with Crippen LogP contribution in [0.2, 0.25) is 0 Å². The molecule has 14 heavy (non-hydrogen) atoms. The number of rotatable bonds is 0. The van der Waals surface area contributed by atoms with Crippen molar-refractivity contribution in [3.05, 3.63) is 0 Å². The normalized spacial score (nSPS) is 47.1. The van der Waals surface area contributed by atoms with Crippen LogP contribution in [0.4, 0.5) is 0 Å². The van der Waals surface area contributed by atoms with E-state index in [1.165, 1.54) is 32.1 Å². The van der Waals surface area contributed by atoms with E-state index in [4.69, 9.17) is 0 Å². The lowest BCUT2D eigenvalue weighted by Gasteiger charge is -2.60. The number of hydrogen-bond donors (Lipinski definition) is 1. The van der Waals surface area contributed by atoms with Crippen LogP contribution >= 0.6 is 0 Å². The molecule has 0 bridgehead atoms. The maximum atomic E-state index is 10.8. The first kappa shape index (κ1) is 10.5. The van der Waals surface area contributed by atoms with Crippen LogP contribution in [0.5, 0.6) is 0 Å². The molecule has 1 nitrogen and oxygen atoms in total. The van der Waals surface area contributed by atoms with Gasteiger partial charge in [0.2, 0.25) is 0 Å². The van der Waals surface area contributed by atoms with Crippen molar-refractivity contribution in [1.82, 2.24) is 0 Å². The van der Waals surface area contributed by atoms with Crippen LogP contribution in [0.3, 0.4) is 0 Å². The van der Waals surface area contributed by atoms with E-state index >= 15 is 0 Å². The van der Waals surface area contributed by atoms with E-state index in [9.17, 15) is 5.11 Å². The van der Waals surface area contributed by atoms with Crippen molar-refractivity contribution in [3.8, 4) is 0 Å². The Labute approximate surface area is 87.9 Å². The Morgan fingerprint density at radius 2 is 1.36 bits per heavy atom. The summed E-state index contributed by atoms with van der Waals surface area (Å²) < 4.78 is 0. The van der Waals surface area contributed by atoms with Crippen molar-refractivity contribution in [3.63, 3.8) is 0 Å². The second-order valence-electron chi connectivity index (χ2n) is 6.31. The average molecular weight is 196 g/mol. The molecule has 0 aliphatic heterocycles. The van der Waals surface area contributed by atoms with Gasteiger partial charge in [0.1, 0.15) is 0 Å². The molecule has 1 N–H and O–H groups in total. The molecule has 2 aliphatic rings. The molecular weight excluding hydrogens is 172 g/mol. The summed E-state index contributed by atoms with van der Waals surface area (Å²) in [5.74, 6) is 0. The van der Waals surface area contributed by atoms with Gasteiger partial charge in [-0.05, 0) is 31.1 Å². The standard InChI is InChI=1S/C13H24O/c1-11(2)7-6-10-13(14)9-5-4-8-12(11,13)3/h14H,4-10H2,1-3H3/t12-,13-/m1/s1. The van der Waals surface area contributed by atoms with Crippen LogP contribution < -0.4 is 0 Å². The lowest BCUT2D eigenvalue weighted by molar-refractivity contribution is -0.189. The van der Waals surface area contributed by atoms with Crippen molar-refractivity contribution in [1.29, 1.82) is 0 Å². The van der Waals surface area contributed by atoms with Crippen molar-refractivity contribution >= 4 is 0 Å².